The molecule has 178 valence electrons. The second-order valence-electron chi connectivity index (χ2n) is 7.13. The van der Waals surface area contributed by atoms with Crippen molar-refractivity contribution in [2.24, 2.45) is 5.73 Å². The van der Waals surface area contributed by atoms with E-state index in [1.165, 1.54) is 12.1 Å². The van der Waals surface area contributed by atoms with Crippen LogP contribution in [0.3, 0.4) is 0 Å². The van der Waals surface area contributed by atoms with Crippen LogP contribution in [0, 0.1) is 11.6 Å². The third-order valence-corrected chi connectivity index (χ3v) is 7.54. The molecule has 3 N–H and O–H groups in total. The van der Waals surface area contributed by atoms with Crippen LogP contribution in [0.25, 0.3) is 0 Å². The Morgan fingerprint density at radius 3 is 2.42 bits per heavy atom. The molecule has 0 aliphatic carbocycles. The van der Waals surface area contributed by atoms with Crippen LogP contribution >= 0.6 is 23.2 Å². The van der Waals surface area contributed by atoms with Gasteiger partial charge in [-0.15, -0.1) is 0 Å². The molecule has 2 amide bonds. The molecular weight excluding hydrogens is 501 g/mol. The molecule has 1 atom stereocenters. The first-order valence-corrected chi connectivity index (χ1v) is 12.0. The molecule has 2 aromatic rings. The van der Waals surface area contributed by atoms with Crippen molar-refractivity contribution in [2.45, 2.75) is 17.5 Å². The summed E-state index contributed by atoms with van der Waals surface area (Å²) in [5.41, 5.74) is 5.20. The molecular formula is C20H20Cl2F2N4O4S. The first-order valence-electron chi connectivity index (χ1n) is 9.78. The zero-order valence-corrected chi connectivity index (χ0v) is 19.4. The lowest BCUT2D eigenvalue weighted by molar-refractivity contribution is -0.130. The van der Waals surface area contributed by atoms with Crippen molar-refractivity contribution in [2.75, 3.05) is 26.2 Å². The van der Waals surface area contributed by atoms with Gasteiger partial charge in [-0.05, 0) is 42.8 Å². The SMILES string of the molecule is NCCNC(=O)C1N(C(=O)c2ccc(F)c(F)c2)CCCN1S(=O)(=O)c1ccc(Cl)c(Cl)c1. The summed E-state index contributed by atoms with van der Waals surface area (Å²) in [5.74, 6) is -4.02. The third kappa shape index (κ3) is 5.28. The van der Waals surface area contributed by atoms with Gasteiger partial charge in [-0.3, -0.25) is 9.59 Å². The average molecular weight is 521 g/mol. The standard InChI is InChI=1S/C20H20Cl2F2N4O4S/c21-14-4-3-13(11-15(14)22)33(31,32)28-9-1-8-27(19(28)18(29)26-7-6-25)20(30)12-2-5-16(23)17(24)10-12/h2-5,10-11,19H,1,6-9,25H2,(H,26,29). The highest BCUT2D eigenvalue weighted by Gasteiger charge is 2.44. The number of carbonyl (C=O) groups excluding carboxylic acids is 2. The van der Waals surface area contributed by atoms with Crippen LogP contribution in [-0.4, -0.2) is 61.8 Å². The summed E-state index contributed by atoms with van der Waals surface area (Å²) < 4.78 is 54.7. The number of rotatable bonds is 6. The fourth-order valence-corrected chi connectivity index (χ4v) is 5.37. The summed E-state index contributed by atoms with van der Waals surface area (Å²) in [6.45, 7) is 0.0368. The molecule has 2 aromatic carbocycles. The van der Waals surface area contributed by atoms with E-state index in [1.807, 2.05) is 0 Å². The number of benzene rings is 2. The molecule has 0 saturated carbocycles. The van der Waals surface area contributed by atoms with Gasteiger partial charge in [0.05, 0.1) is 14.9 Å². The van der Waals surface area contributed by atoms with Crippen LogP contribution in [0.5, 0.6) is 0 Å². The number of nitrogens with zero attached hydrogens (tertiary/aromatic N) is 2. The summed E-state index contributed by atoms with van der Waals surface area (Å²) in [7, 11) is -4.31. The number of halogens is 4. The predicted octanol–water partition coefficient (Wildman–Crippen LogP) is 2.21. The van der Waals surface area contributed by atoms with E-state index in [9.17, 15) is 26.8 Å². The van der Waals surface area contributed by atoms with E-state index in [0.29, 0.717) is 6.07 Å². The van der Waals surface area contributed by atoms with Gasteiger partial charge in [-0.1, -0.05) is 23.2 Å². The minimum absolute atomic E-state index is 0.00589. The number of nitrogens with two attached hydrogens (primary N) is 1. The highest BCUT2D eigenvalue weighted by Crippen LogP contribution is 2.30. The minimum atomic E-state index is -4.31. The number of hydrogen-bond donors (Lipinski definition) is 2. The molecule has 3 rings (SSSR count). The molecule has 0 bridgehead atoms. The average Bonchev–Trinajstić information content (AvgIpc) is 2.79. The van der Waals surface area contributed by atoms with E-state index in [4.69, 9.17) is 28.9 Å². The van der Waals surface area contributed by atoms with Gasteiger partial charge in [0.15, 0.2) is 17.8 Å². The van der Waals surface area contributed by atoms with Crippen molar-refractivity contribution in [3.8, 4) is 0 Å². The lowest BCUT2D eigenvalue weighted by Crippen LogP contribution is -2.63. The van der Waals surface area contributed by atoms with Crippen molar-refractivity contribution >= 4 is 45.0 Å². The van der Waals surface area contributed by atoms with Gasteiger partial charge in [-0.2, -0.15) is 4.31 Å². The second kappa shape index (κ2) is 10.3. The number of nitrogens with one attached hydrogen (secondary N) is 1. The zero-order chi connectivity index (χ0) is 24.3. The number of carbonyl (C=O) groups is 2. The molecule has 1 heterocycles. The molecule has 1 unspecified atom stereocenters. The maximum absolute atomic E-state index is 13.7. The van der Waals surface area contributed by atoms with Gasteiger partial charge >= 0.3 is 0 Å². The van der Waals surface area contributed by atoms with Crippen LogP contribution in [0.1, 0.15) is 16.8 Å². The molecule has 0 spiro atoms. The molecule has 33 heavy (non-hydrogen) atoms. The molecule has 1 aliphatic rings. The maximum atomic E-state index is 13.7. The van der Waals surface area contributed by atoms with E-state index in [0.717, 1.165) is 27.4 Å². The Hall–Kier alpha value is -2.31. The lowest BCUT2D eigenvalue weighted by atomic mass is 10.1. The summed E-state index contributed by atoms with van der Waals surface area (Å²) in [6.07, 6.45) is -1.40. The largest absolute Gasteiger partial charge is 0.352 e. The van der Waals surface area contributed by atoms with Gasteiger partial charge in [0.1, 0.15) is 0 Å². The molecule has 1 fully saturated rings. The van der Waals surface area contributed by atoms with Gasteiger partial charge in [0.2, 0.25) is 10.0 Å². The number of hydrogen-bond acceptors (Lipinski definition) is 5. The Balaban J connectivity index is 2.05. The summed E-state index contributed by atoms with van der Waals surface area (Å²) in [5, 5.41) is 2.62. The van der Waals surface area contributed by atoms with Gasteiger partial charge in [0, 0.05) is 31.7 Å². The lowest BCUT2D eigenvalue weighted by Gasteiger charge is -2.41. The second-order valence-corrected chi connectivity index (χ2v) is 9.83. The van der Waals surface area contributed by atoms with Gasteiger partial charge in [0.25, 0.3) is 11.8 Å². The molecule has 1 aliphatic heterocycles. The molecule has 0 radical (unpaired) electrons. The fraction of sp³-hybridized carbons (Fsp3) is 0.300. The Kier molecular flexibility index (Phi) is 7.91. The molecule has 1 saturated heterocycles. The van der Waals surface area contributed by atoms with E-state index >= 15 is 0 Å². The van der Waals surface area contributed by atoms with Crippen LogP contribution in [0.15, 0.2) is 41.3 Å². The Bertz CT molecular complexity index is 1180. The first-order chi connectivity index (χ1) is 15.6. The van der Waals surface area contributed by atoms with Gasteiger partial charge in [-0.25, -0.2) is 17.2 Å². The summed E-state index contributed by atoms with van der Waals surface area (Å²) >= 11 is 11.9. The van der Waals surface area contributed by atoms with Crippen LogP contribution in [0.4, 0.5) is 8.78 Å². The van der Waals surface area contributed by atoms with Crippen LogP contribution < -0.4 is 11.1 Å². The normalized spacial score (nSPS) is 17.1. The predicted molar refractivity (Wildman–Crippen MR) is 118 cm³/mol. The van der Waals surface area contributed by atoms with Crippen molar-refractivity contribution in [1.82, 2.24) is 14.5 Å². The highest BCUT2D eigenvalue weighted by molar-refractivity contribution is 7.89. The first kappa shape index (κ1) is 25.3. The third-order valence-electron chi connectivity index (χ3n) is 4.95. The molecule has 13 heteroatoms. The zero-order valence-electron chi connectivity index (χ0n) is 17.1. The molecule has 8 nitrogen and oxygen atoms in total. The van der Waals surface area contributed by atoms with Crippen molar-refractivity contribution in [3.63, 3.8) is 0 Å². The topological polar surface area (TPSA) is 113 Å². The van der Waals surface area contributed by atoms with E-state index in [2.05, 4.69) is 5.32 Å². The highest BCUT2D eigenvalue weighted by atomic mass is 35.5. The Morgan fingerprint density at radius 1 is 1.06 bits per heavy atom. The molecule has 0 aromatic heterocycles. The minimum Gasteiger partial charge on any atom is -0.352 e. The number of amides is 2. The fourth-order valence-electron chi connectivity index (χ4n) is 3.39. The monoisotopic (exact) mass is 520 g/mol. The van der Waals surface area contributed by atoms with Crippen LogP contribution in [-0.2, 0) is 14.8 Å². The summed E-state index contributed by atoms with van der Waals surface area (Å²) in [4.78, 5) is 26.9. The quantitative estimate of drug-likeness (QED) is 0.606. The van der Waals surface area contributed by atoms with E-state index in [-0.39, 0.29) is 53.1 Å². The van der Waals surface area contributed by atoms with Crippen molar-refractivity contribution < 1.29 is 26.8 Å². The van der Waals surface area contributed by atoms with Gasteiger partial charge < -0.3 is 16.0 Å². The Labute approximate surface area is 199 Å². The summed E-state index contributed by atoms with van der Waals surface area (Å²) in [6, 6.07) is 6.20. The van der Waals surface area contributed by atoms with E-state index in [1.54, 1.807) is 0 Å². The maximum Gasteiger partial charge on any atom is 0.259 e. The van der Waals surface area contributed by atoms with Crippen LogP contribution in [0.2, 0.25) is 10.0 Å². The number of sulfonamides is 1. The van der Waals surface area contributed by atoms with Crippen molar-refractivity contribution in [1.29, 1.82) is 0 Å². The van der Waals surface area contributed by atoms with Crippen molar-refractivity contribution in [3.05, 3.63) is 63.6 Å². The van der Waals surface area contributed by atoms with E-state index < -0.39 is 39.6 Å². The Morgan fingerprint density at radius 2 is 1.79 bits per heavy atom. The smallest absolute Gasteiger partial charge is 0.259 e.